The second-order valence-electron chi connectivity index (χ2n) is 3.99. The number of aliphatic hydroxyl groups excluding tert-OH is 1. The van der Waals surface area contributed by atoms with Crippen molar-refractivity contribution in [2.45, 2.75) is 20.1 Å². The van der Waals surface area contributed by atoms with Gasteiger partial charge in [0.1, 0.15) is 5.75 Å². The number of alkyl halides is 2. The number of carbonyl (C=O) groups excluding carboxylic acids is 1. The maximum atomic E-state index is 12.1. The van der Waals surface area contributed by atoms with Crippen LogP contribution in [0.5, 0.6) is 5.75 Å². The highest BCUT2D eigenvalue weighted by Crippen LogP contribution is 2.15. The Morgan fingerprint density at radius 3 is 2.85 bits per heavy atom. The van der Waals surface area contributed by atoms with Crippen molar-refractivity contribution in [3.63, 3.8) is 0 Å². The third kappa shape index (κ3) is 5.40. The molecule has 0 heterocycles. The number of nitrogens with one attached hydrogen (secondary N) is 1. The van der Waals surface area contributed by atoms with Crippen molar-refractivity contribution in [1.82, 2.24) is 10.2 Å². The summed E-state index contributed by atoms with van der Waals surface area (Å²) in [5.41, 5.74) is 0.650. The van der Waals surface area contributed by atoms with E-state index in [-0.39, 0.29) is 31.5 Å². The van der Waals surface area contributed by atoms with E-state index in [1.807, 2.05) is 0 Å². The highest BCUT2D eigenvalue weighted by Gasteiger charge is 2.10. The van der Waals surface area contributed by atoms with E-state index in [0.29, 0.717) is 12.1 Å². The number of likely N-dealkylation sites (N-methyl/N-ethyl adjacent to an activating group) is 1. The SMILES string of the molecule is CCN(CCO)C(=O)NCc1cccc(OC(F)F)c1. The molecule has 0 saturated carbocycles. The van der Waals surface area contributed by atoms with Crippen molar-refractivity contribution in [1.29, 1.82) is 0 Å². The van der Waals surface area contributed by atoms with Gasteiger partial charge >= 0.3 is 12.6 Å². The van der Waals surface area contributed by atoms with Crippen LogP contribution in [0.4, 0.5) is 13.6 Å². The van der Waals surface area contributed by atoms with E-state index in [4.69, 9.17) is 5.11 Å². The predicted molar refractivity (Wildman–Crippen MR) is 69.6 cm³/mol. The molecule has 0 atom stereocenters. The van der Waals surface area contributed by atoms with E-state index in [2.05, 4.69) is 10.1 Å². The zero-order valence-electron chi connectivity index (χ0n) is 11.2. The summed E-state index contributed by atoms with van der Waals surface area (Å²) in [5.74, 6) is 0.0504. The zero-order chi connectivity index (χ0) is 15.0. The first-order valence-corrected chi connectivity index (χ1v) is 6.24. The lowest BCUT2D eigenvalue weighted by Gasteiger charge is -2.20. The summed E-state index contributed by atoms with van der Waals surface area (Å²) < 4.78 is 28.4. The van der Waals surface area contributed by atoms with Crippen LogP contribution in [0.25, 0.3) is 0 Å². The number of hydrogen-bond acceptors (Lipinski definition) is 3. The molecule has 0 bridgehead atoms. The Balaban J connectivity index is 2.54. The molecule has 0 aliphatic rings. The fourth-order valence-electron chi connectivity index (χ4n) is 1.65. The molecule has 0 aliphatic carbocycles. The Bertz CT molecular complexity index is 430. The van der Waals surface area contributed by atoms with E-state index < -0.39 is 6.61 Å². The number of benzene rings is 1. The maximum absolute atomic E-state index is 12.1. The molecule has 20 heavy (non-hydrogen) atoms. The molecular formula is C13H18F2N2O3. The van der Waals surface area contributed by atoms with E-state index >= 15 is 0 Å². The number of halogens is 2. The van der Waals surface area contributed by atoms with Crippen molar-refractivity contribution < 1.29 is 23.4 Å². The largest absolute Gasteiger partial charge is 0.435 e. The van der Waals surface area contributed by atoms with Gasteiger partial charge in [-0.3, -0.25) is 0 Å². The van der Waals surface area contributed by atoms with Gasteiger partial charge in [0, 0.05) is 19.6 Å². The molecule has 0 aliphatic heterocycles. The summed E-state index contributed by atoms with van der Waals surface area (Å²) >= 11 is 0. The number of ether oxygens (including phenoxy) is 1. The van der Waals surface area contributed by atoms with Crippen molar-refractivity contribution in [2.24, 2.45) is 0 Å². The molecule has 112 valence electrons. The normalized spacial score (nSPS) is 10.4. The Kier molecular flexibility index (Phi) is 6.72. The van der Waals surface area contributed by atoms with Crippen LogP contribution >= 0.6 is 0 Å². The summed E-state index contributed by atoms with van der Waals surface area (Å²) in [6.07, 6.45) is 0. The van der Waals surface area contributed by atoms with Crippen LogP contribution in [-0.4, -0.2) is 42.3 Å². The number of amides is 2. The highest BCUT2D eigenvalue weighted by atomic mass is 19.3. The topological polar surface area (TPSA) is 61.8 Å². The minimum absolute atomic E-state index is 0.0504. The molecule has 7 heteroatoms. The van der Waals surface area contributed by atoms with E-state index in [9.17, 15) is 13.6 Å². The molecule has 0 unspecified atom stereocenters. The van der Waals surface area contributed by atoms with Crippen LogP contribution < -0.4 is 10.1 Å². The van der Waals surface area contributed by atoms with Crippen molar-refractivity contribution >= 4 is 6.03 Å². The standard InChI is InChI=1S/C13H18F2N2O3/c1-2-17(6-7-18)13(19)16-9-10-4-3-5-11(8-10)20-12(14)15/h3-5,8,12,18H,2,6-7,9H2,1H3,(H,16,19). The van der Waals surface area contributed by atoms with E-state index in [1.165, 1.54) is 17.0 Å². The quantitative estimate of drug-likeness (QED) is 0.804. The number of hydrogen-bond donors (Lipinski definition) is 2. The molecule has 0 saturated heterocycles. The third-order valence-electron chi connectivity index (χ3n) is 2.61. The molecule has 2 amide bonds. The Morgan fingerprint density at radius 1 is 1.50 bits per heavy atom. The van der Waals surface area contributed by atoms with Crippen LogP contribution in [0.2, 0.25) is 0 Å². The molecule has 0 spiro atoms. The molecule has 0 radical (unpaired) electrons. The zero-order valence-corrected chi connectivity index (χ0v) is 11.2. The van der Waals surface area contributed by atoms with Crippen molar-refractivity contribution in [2.75, 3.05) is 19.7 Å². The number of carbonyl (C=O) groups is 1. The average molecular weight is 288 g/mol. The smallest absolute Gasteiger partial charge is 0.387 e. The van der Waals surface area contributed by atoms with Crippen LogP contribution in [0.3, 0.4) is 0 Å². The molecule has 5 nitrogen and oxygen atoms in total. The van der Waals surface area contributed by atoms with Gasteiger partial charge < -0.3 is 20.1 Å². The molecular weight excluding hydrogens is 270 g/mol. The minimum atomic E-state index is -2.88. The second-order valence-corrected chi connectivity index (χ2v) is 3.99. The molecule has 0 fully saturated rings. The van der Waals surface area contributed by atoms with Crippen LogP contribution in [0, 0.1) is 0 Å². The average Bonchev–Trinajstić information content (AvgIpc) is 2.42. The first-order chi connectivity index (χ1) is 9.56. The van der Waals surface area contributed by atoms with Gasteiger partial charge in [-0.1, -0.05) is 12.1 Å². The summed E-state index contributed by atoms with van der Waals surface area (Å²) in [7, 11) is 0. The van der Waals surface area contributed by atoms with E-state index in [0.717, 1.165) is 0 Å². The Hall–Kier alpha value is -1.89. The molecule has 0 aromatic heterocycles. The number of aliphatic hydroxyl groups is 1. The first kappa shape index (κ1) is 16.2. The number of urea groups is 1. The number of rotatable bonds is 7. The summed E-state index contributed by atoms with van der Waals surface area (Å²) in [6, 6.07) is 5.81. The fourth-order valence-corrected chi connectivity index (χ4v) is 1.65. The Labute approximate surface area is 116 Å². The Morgan fingerprint density at radius 2 is 2.25 bits per heavy atom. The minimum Gasteiger partial charge on any atom is -0.435 e. The number of nitrogens with zero attached hydrogens (tertiary/aromatic N) is 1. The van der Waals surface area contributed by atoms with Crippen LogP contribution in [0.15, 0.2) is 24.3 Å². The molecule has 1 aromatic carbocycles. The summed E-state index contributed by atoms with van der Waals surface area (Å²) in [5, 5.41) is 11.5. The lowest BCUT2D eigenvalue weighted by molar-refractivity contribution is -0.0498. The molecule has 1 rings (SSSR count). The molecule has 2 N–H and O–H groups in total. The van der Waals surface area contributed by atoms with Crippen molar-refractivity contribution in [3.8, 4) is 5.75 Å². The van der Waals surface area contributed by atoms with Crippen LogP contribution in [-0.2, 0) is 6.54 Å². The van der Waals surface area contributed by atoms with Gasteiger partial charge in [-0.05, 0) is 24.6 Å². The van der Waals surface area contributed by atoms with Gasteiger partial charge in [0.25, 0.3) is 0 Å². The predicted octanol–water partition coefficient (Wildman–Crippen LogP) is 1.81. The van der Waals surface area contributed by atoms with Gasteiger partial charge in [-0.2, -0.15) is 8.78 Å². The van der Waals surface area contributed by atoms with Crippen LogP contribution in [0.1, 0.15) is 12.5 Å². The van der Waals surface area contributed by atoms with Gasteiger partial charge in [0.15, 0.2) is 0 Å². The summed E-state index contributed by atoms with van der Waals surface area (Å²) in [6.45, 7) is -0.274. The monoisotopic (exact) mass is 288 g/mol. The summed E-state index contributed by atoms with van der Waals surface area (Å²) in [4.78, 5) is 13.2. The second kappa shape index (κ2) is 8.31. The van der Waals surface area contributed by atoms with Gasteiger partial charge in [0.2, 0.25) is 0 Å². The lowest BCUT2D eigenvalue weighted by Crippen LogP contribution is -2.41. The fraction of sp³-hybridized carbons (Fsp3) is 0.462. The third-order valence-corrected chi connectivity index (χ3v) is 2.61. The van der Waals surface area contributed by atoms with E-state index in [1.54, 1.807) is 19.1 Å². The highest BCUT2D eigenvalue weighted by molar-refractivity contribution is 5.74. The van der Waals surface area contributed by atoms with Gasteiger partial charge in [-0.25, -0.2) is 4.79 Å². The molecule has 1 aromatic rings. The lowest BCUT2D eigenvalue weighted by atomic mass is 10.2. The maximum Gasteiger partial charge on any atom is 0.387 e. The van der Waals surface area contributed by atoms with Gasteiger partial charge in [-0.15, -0.1) is 0 Å². The van der Waals surface area contributed by atoms with Crippen molar-refractivity contribution in [3.05, 3.63) is 29.8 Å². The first-order valence-electron chi connectivity index (χ1n) is 6.24. The van der Waals surface area contributed by atoms with Gasteiger partial charge in [0.05, 0.1) is 6.61 Å².